The number of nitrogen functional groups attached to an aromatic ring is 1. The van der Waals surface area contributed by atoms with Gasteiger partial charge in [0.05, 0.1) is 28.3 Å². The summed E-state index contributed by atoms with van der Waals surface area (Å²) < 4.78 is 11.1. The average molecular weight is 347 g/mol. The van der Waals surface area contributed by atoms with Crippen molar-refractivity contribution in [3.8, 4) is 11.5 Å². The number of ether oxygens (including phenoxy) is 2. The number of hydrogen-bond donors (Lipinski definition) is 1. The Bertz CT molecular complexity index is 620. The van der Waals surface area contributed by atoms with Gasteiger partial charge in [-0.15, -0.1) is 0 Å². The number of rotatable bonds is 6. The fourth-order valence-corrected chi connectivity index (χ4v) is 2.24. The molecule has 0 atom stereocenters. The van der Waals surface area contributed by atoms with Gasteiger partial charge in [0.2, 0.25) is 0 Å². The third kappa shape index (κ3) is 4.88. The summed E-state index contributed by atoms with van der Waals surface area (Å²) in [6.45, 7) is 0.975. The van der Waals surface area contributed by atoms with Crippen molar-refractivity contribution in [3.63, 3.8) is 0 Å². The van der Waals surface area contributed by atoms with Gasteiger partial charge in [-0.05, 0) is 18.2 Å². The van der Waals surface area contributed by atoms with Gasteiger partial charge in [0, 0.05) is 24.2 Å². The molecule has 0 radical (unpaired) electrons. The molecule has 0 aliphatic carbocycles. The zero-order valence-corrected chi connectivity index (χ0v) is 13.4. The van der Waals surface area contributed by atoms with Crippen molar-refractivity contribution in [2.45, 2.75) is 6.42 Å². The first-order valence-corrected chi connectivity index (χ1v) is 7.45. The van der Waals surface area contributed by atoms with Crippen LogP contribution in [-0.2, 0) is 0 Å². The molecule has 0 saturated heterocycles. The predicted octanol–water partition coefficient (Wildman–Crippen LogP) is 5.08. The largest absolute Gasteiger partial charge is 0.493 e. The van der Waals surface area contributed by atoms with Crippen molar-refractivity contribution in [3.05, 3.63) is 51.5 Å². The number of nitrogens with two attached hydrogens (primary N) is 1. The minimum Gasteiger partial charge on any atom is -0.493 e. The fourth-order valence-electron chi connectivity index (χ4n) is 1.65. The molecular formula is C15H14Cl3NO2. The Morgan fingerprint density at radius 1 is 0.857 bits per heavy atom. The maximum absolute atomic E-state index is 6.01. The van der Waals surface area contributed by atoms with E-state index in [9.17, 15) is 0 Å². The van der Waals surface area contributed by atoms with E-state index < -0.39 is 0 Å². The molecule has 2 N–H and O–H groups in total. The topological polar surface area (TPSA) is 44.5 Å². The lowest BCUT2D eigenvalue weighted by Gasteiger charge is -2.10. The Labute approximate surface area is 138 Å². The van der Waals surface area contributed by atoms with E-state index in [0.717, 1.165) is 5.75 Å². The monoisotopic (exact) mass is 345 g/mol. The zero-order chi connectivity index (χ0) is 15.2. The van der Waals surface area contributed by atoms with Crippen molar-refractivity contribution >= 4 is 40.5 Å². The molecule has 6 heteroatoms. The van der Waals surface area contributed by atoms with E-state index in [4.69, 9.17) is 50.0 Å². The van der Waals surface area contributed by atoms with Crippen LogP contribution in [0.25, 0.3) is 0 Å². The highest BCUT2D eigenvalue weighted by molar-refractivity contribution is 6.43. The highest BCUT2D eigenvalue weighted by Gasteiger charge is 2.07. The summed E-state index contributed by atoms with van der Waals surface area (Å²) in [7, 11) is 0. The molecule has 0 heterocycles. The summed E-state index contributed by atoms with van der Waals surface area (Å²) >= 11 is 17.8. The first-order chi connectivity index (χ1) is 10.1. The van der Waals surface area contributed by atoms with E-state index in [-0.39, 0.29) is 0 Å². The van der Waals surface area contributed by atoms with Gasteiger partial charge in [0.15, 0.2) is 0 Å². The second kappa shape index (κ2) is 7.64. The lowest BCUT2D eigenvalue weighted by molar-refractivity contribution is 0.247. The first kappa shape index (κ1) is 16.1. The SMILES string of the molecule is Nc1cccc(OCCCOc2cc(Cl)c(Cl)cc2Cl)c1. The summed E-state index contributed by atoms with van der Waals surface area (Å²) in [5, 5.41) is 1.24. The summed E-state index contributed by atoms with van der Waals surface area (Å²) in [4.78, 5) is 0. The number of halogens is 3. The van der Waals surface area contributed by atoms with Crippen LogP contribution in [0.5, 0.6) is 11.5 Å². The van der Waals surface area contributed by atoms with Crippen LogP contribution in [0.3, 0.4) is 0 Å². The molecule has 2 aromatic rings. The third-order valence-electron chi connectivity index (χ3n) is 2.65. The summed E-state index contributed by atoms with van der Waals surface area (Å²) in [6, 6.07) is 10.4. The molecule has 0 amide bonds. The minimum atomic E-state index is 0.402. The van der Waals surface area contributed by atoms with Crippen molar-refractivity contribution in [2.75, 3.05) is 18.9 Å². The van der Waals surface area contributed by atoms with Crippen LogP contribution < -0.4 is 15.2 Å². The summed E-state index contributed by atoms with van der Waals surface area (Å²) in [6.07, 6.45) is 0.700. The smallest absolute Gasteiger partial charge is 0.139 e. The van der Waals surface area contributed by atoms with Crippen LogP contribution >= 0.6 is 34.8 Å². The summed E-state index contributed by atoms with van der Waals surface area (Å²) in [5.74, 6) is 1.25. The Morgan fingerprint density at radius 2 is 1.57 bits per heavy atom. The van der Waals surface area contributed by atoms with Crippen molar-refractivity contribution in [1.29, 1.82) is 0 Å². The zero-order valence-electron chi connectivity index (χ0n) is 11.1. The van der Waals surface area contributed by atoms with Crippen molar-refractivity contribution in [1.82, 2.24) is 0 Å². The quantitative estimate of drug-likeness (QED) is 0.451. The van der Waals surface area contributed by atoms with E-state index in [0.29, 0.717) is 46.1 Å². The molecule has 112 valence electrons. The van der Waals surface area contributed by atoms with E-state index >= 15 is 0 Å². The second-order valence-corrected chi connectivity index (χ2v) is 5.54. The Balaban J connectivity index is 1.76. The van der Waals surface area contributed by atoms with Gasteiger partial charge in [-0.25, -0.2) is 0 Å². The standard InChI is InChI=1S/C15H14Cl3NO2/c16-12-8-14(18)15(9-13(12)17)21-6-2-5-20-11-4-1-3-10(19)7-11/h1,3-4,7-9H,2,5-6,19H2. The lowest BCUT2D eigenvalue weighted by Crippen LogP contribution is -2.05. The highest BCUT2D eigenvalue weighted by Crippen LogP contribution is 2.33. The van der Waals surface area contributed by atoms with Crippen LogP contribution in [0.15, 0.2) is 36.4 Å². The van der Waals surface area contributed by atoms with Crippen LogP contribution in [0, 0.1) is 0 Å². The van der Waals surface area contributed by atoms with Gasteiger partial charge in [0.1, 0.15) is 11.5 Å². The molecule has 3 nitrogen and oxygen atoms in total. The molecule has 0 aromatic heterocycles. The van der Waals surface area contributed by atoms with Gasteiger partial charge in [0.25, 0.3) is 0 Å². The maximum atomic E-state index is 6.01. The molecule has 0 unspecified atom stereocenters. The molecule has 2 aromatic carbocycles. The van der Waals surface area contributed by atoms with E-state index in [2.05, 4.69) is 0 Å². The molecule has 0 fully saturated rings. The molecular weight excluding hydrogens is 333 g/mol. The molecule has 21 heavy (non-hydrogen) atoms. The van der Waals surface area contributed by atoms with Crippen LogP contribution in [0.1, 0.15) is 6.42 Å². The summed E-state index contributed by atoms with van der Waals surface area (Å²) in [5.41, 5.74) is 6.34. The number of hydrogen-bond acceptors (Lipinski definition) is 3. The Hall–Kier alpha value is -1.29. The van der Waals surface area contributed by atoms with Crippen molar-refractivity contribution in [2.24, 2.45) is 0 Å². The fraction of sp³-hybridized carbons (Fsp3) is 0.200. The molecule has 0 saturated carbocycles. The van der Waals surface area contributed by atoms with E-state index in [1.165, 1.54) is 0 Å². The highest BCUT2D eigenvalue weighted by atomic mass is 35.5. The van der Waals surface area contributed by atoms with Crippen LogP contribution in [0.2, 0.25) is 15.1 Å². The molecule has 0 spiro atoms. The van der Waals surface area contributed by atoms with Crippen LogP contribution in [-0.4, -0.2) is 13.2 Å². The average Bonchev–Trinajstić information content (AvgIpc) is 2.44. The second-order valence-electron chi connectivity index (χ2n) is 4.32. The van der Waals surface area contributed by atoms with E-state index in [1.807, 2.05) is 18.2 Å². The van der Waals surface area contributed by atoms with Crippen molar-refractivity contribution < 1.29 is 9.47 Å². The lowest BCUT2D eigenvalue weighted by atomic mass is 10.3. The van der Waals surface area contributed by atoms with Gasteiger partial charge < -0.3 is 15.2 Å². The number of anilines is 1. The van der Waals surface area contributed by atoms with Gasteiger partial charge >= 0.3 is 0 Å². The molecule has 0 aliphatic heterocycles. The van der Waals surface area contributed by atoms with Gasteiger partial charge in [-0.2, -0.15) is 0 Å². The predicted molar refractivity (Wildman–Crippen MR) is 87.9 cm³/mol. The van der Waals surface area contributed by atoms with Gasteiger partial charge in [-0.3, -0.25) is 0 Å². The normalized spacial score (nSPS) is 10.4. The number of benzene rings is 2. The molecule has 0 bridgehead atoms. The first-order valence-electron chi connectivity index (χ1n) is 6.32. The Kier molecular flexibility index (Phi) is 5.85. The minimum absolute atomic E-state index is 0.402. The molecule has 2 rings (SSSR count). The van der Waals surface area contributed by atoms with Gasteiger partial charge in [-0.1, -0.05) is 40.9 Å². The third-order valence-corrected chi connectivity index (χ3v) is 3.67. The van der Waals surface area contributed by atoms with E-state index in [1.54, 1.807) is 18.2 Å². The maximum Gasteiger partial charge on any atom is 0.139 e. The Morgan fingerprint density at radius 3 is 2.33 bits per heavy atom. The van der Waals surface area contributed by atoms with Crippen LogP contribution in [0.4, 0.5) is 5.69 Å². The molecule has 0 aliphatic rings.